The third-order valence-corrected chi connectivity index (χ3v) is 4.69. The maximum absolute atomic E-state index is 4.45. The summed E-state index contributed by atoms with van der Waals surface area (Å²) in [4.78, 5) is 4.41. The van der Waals surface area contributed by atoms with E-state index in [1.54, 1.807) is 0 Å². The van der Waals surface area contributed by atoms with Gasteiger partial charge in [-0.1, -0.05) is 13.8 Å². The number of hydrogen-bond donors (Lipinski definition) is 0. The fourth-order valence-electron chi connectivity index (χ4n) is 3.30. The molecule has 0 spiro atoms. The van der Waals surface area contributed by atoms with Gasteiger partial charge in [0.25, 0.3) is 0 Å². The summed E-state index contributed by atoms with van der Waals surface area (Å²) in [6.45, 7) is 6.16. The second-order valence-electron chi connectivity index (χ2n) is 7.03. The van der Waals surface area contributed by atoms with Crippen LogP contribution in [0.1, 0.15) is 56.0 Å². The molecule has 24 heavy (non-hydrogen) atoms. The van der Waals surface area contributed by atoms with Crippen molar-refractivity contribution in [3.05, 3.63) is 29.5 Å². The second kappa shape index (κ2) is 6.84. The van der Waals surface area contributed by atoms with E-state index in [0.717, 1.165) is 42.7 Å². The lowest BCUT2D eigenvalue weighted by molar-refractivity contribution is 0.234. The number of rotatable bonds is 5. The van der Waals surface area contributed by atoms with Gasteiger partial charge in [0, 0.05) is 27.1 Å². The van der Waals surface area contributed by atoms with Gasteiger partial charge in [0.15, 0.2) is 5.82 Å². The van der Waals surface area contributed by atoms with Gasteiger partial charge >= 0.3 is 0 Å². The third kappa shape index (κ3) is 3.26. The maximum Gasteiger partial charge on any atom is 0.150 e. The van der Waals surface area contributed by atoms with E-state index in [1.165, 1.54) is 6.42 Å². The molecule has 3 rings (SSSR count). The van der Waals surface area contributed by atoms with Gasteiger partial charge in [-0.25, -0.2) is 0 Å². The van der Waals surface area contributed by atoms with Crippen molar-refractivity contribution in [3.63, 3.8) is 0 Å². The van der Waals surface area contributed by atoms with Crippen LogP contribution >= 0.6 is 0 Å². The quantitative estimate of drug-likeness (QED) is 0.837. The molecule has 0 radical (unpaired) electrons. The fraction of sp³-hybridized carbons (Fsp3) is 0.647. The van der Waals surface area contributed by atoms with Gasteiger partial charge in [-0.15, -0.1) is 15.3 Å². The average molecular weight is 329 g/mol. The molecule has 1 unspecified atom stereocenters. The van der Waals surface area contributed by atoms with Crippen LogP contribution in [0, 0.1) is 0 Å². The van der Waals surface area contributed by atoms with Crippen molar-refractivity contribution in [1.82, 2.24) is 29.9 Å². The molecule has 0 bridgehead atoms. The summed E-state index contributed by atoms with van der Waals surface area (Å²) in [5, 5.41) is 17.5. The number of anilines is 1. The van der Waals surface area contributed by atoms with Crippen molar-refractivity contribution in [2.45, 2.75) is 45.2 Å². The van der Waals surface area contributed by atoms with E-state index < -0.39 is 0 Å². The van der Waals surface area contributed by atoms with E-state index in [-0.39, 0.29) is 0 Å². The molecule has 2 aromatic heterocycles. The molecule has 0 amide bonds. The minimum absolute atomic E-state index is 0.313. The van der Waals surface area contributed by atoms with E-state index in [0.29, 0.717) is 12.0 Å². The van der Waals surface area contributed by atoms with Gasteiger partial charge in [0.2, 0.25) is 0 Å². The van der Waals surface area contributed by atoms with Crippen molar-refractivity contribution < 1.29 is 0 Å². The van der Waals surface area contributed by atoms with Crippen LogP contribution in [0.5, 0.6) is 0 Å². The van der Waals surface area contributed by atoms with Gasteiger partial charge in [-0.2, -0.15) is 5.10 Å². The Balaban J connectivity index is 1.76. The lowest BCUT2D eigenvalue weighted by Gasteiger charge is -2.23. The van der Waals surface area contributed by atoms with E-state index in [2.05, 4.69) is 56.8 Å². The molecule has 1 fully saturated rings. The van der Waals surface area contributed by atoms with Crippen molar-refractivity contribution in [2.24, 2.45) is 7.05 Å². The first kappa shape index (κ1) is 16.8. The van der Waals surface area contributed by atoms with Gasteiger partial charge in [-0.3, -0.25) is 4.90 Å². The van der Waals surface area contributed by atoms with Crippen LogP contribution in [0.15, 0.2) is 12.1 Å². The van der Waals surface area contributed by atoms with Gasteiger partial charge in [-0.05, 0) is 31.5 Å². The zero-order valence-corrected chi connectivity index (χ0v) is 15.3. The highest BCUT2D eigenvalue weighted by molar-refractivity contribution is 5.35. The third-order valence-electron chi connectivity index (χ3n) is 4.69. The Bertz CT molecular complexity index is 675. The van der Waals surface area contributed by atoms with Crippen molar-refractivity contribution in [1.29, 1.82) is 0 Å². The fourth-order valence-corrected chi connectivity index (χ4v) is 3.30. The molecule has 0 N–H and O–H groups in total. The van der Waals surface area contributed by atoms with Gasteiger partial charge in [0.1, 0.15) is 11.6 Å². The summed E-state index contributed by atoms with van der Waals surface area (Å²) < 4.78 is 2.13. The van der Waals surface area contributed by atoms with Gasteiger partial charge in [0.05, 0.1) is 18.3 Å². The molecule has 130 valence electrons. The van der Waals surface area contributed by atoms with Crippen molar-refractivity contribution in [3.8, 4) is 0 Å². The molecule has 2 aromatic rings. The molecular formula is C17H27N7. The smallest absolute Gasteiger partial charge is 0.150 e. The standard InChI is InChI=1S/C17H27N7/c1-12(2)17-21-20-16(23(17)5)11-24-10-6-7-14(24)13-8-9-15(19-18-13)22(3)4/h8-9,12,14H,6-7,10-11H2,1-5H3. The highest BCUT2D eigenvalue weighted by Gasteiger charge is 2.29. The first-order chi connectivity index (χ1) is 11.5. The first-order valence-electron chi connectivity index (χ1n) is 8.60. The minimum Gasteiger partial charge on any atom is -0.361 e. The van der Waals surface area contributed by atoms with E-state index >= 15 is 0 Å². The Morgan fingerprint density at radius 2 is 1.96 bits per heavy atom. The Morgan fingerprint density at radius 1 is 1.17 bits per heavy atom. The monoisotopic (exact) mass is 329 g/mol. The molecule has 1 saturated heterocycles. The Morgan fingerprint density at radius 3 is 2.54 bits per heavy atom. The maximum atomic E-state index is 4.45. The molecule has 1 aliphatic heterocycles. The minimum atomic E-state index is 0.313. The van der Waals surface area contributed by atoms with Crippen LogP contribution in [0.25, 0.3) is 0 Å². The lowest BCUT2D eigenvalue weighted by Crippen LogP contribution is -2.25. The number of likely N-dealkylation sites (tertiary alicyclic amines) is 1. The Kier molecular flexibility index (Phi) is 4.80. The largest absolute Gasteiger partial charge is 0.361 e. The summed E-state index contributed by atoms with van der Waals surface area (Å²) >= 11 is 0. The summed E-state index contributed by atoms with van der Waals surface area (Å²) in [5.74, 6) is 3.33. The predicted octanol–water partition coefficient (Wildman–Crippen LogP) is 2.13. The van der Waals surface area contributed by atoms with Crippen LogP contribution in [-0.4, -0.2) is 50.5 Å². The lowest BCUT2D eigenvalue weighted by atomic mass is 10.1. The van der Waals surface area contributed by atoms with E-state index in [4.69, 9.17) is 0 Å². The molecule has 3 heterocycles. The number of nitrogens with zero attached hydrogens (tertiary/aromatic N) is 7. The number of aromatic nitrogens is 5. The molecular weight excluding hydrogens is 302 g/mol. The molecule has 0 aromatic carbocycles. The SMILES string of the molecule is CC(C)c1nnc(CN2CCCC2c2ccc(N(C)C)nn2)n1C. The highest BCUT2D eigenvalue weighted by atomic mass is 15.3. The first-order valence-corrected chi connectivity index (χ1v) is 8.60. The van der Waals surface area contributed by atoms with Crippen LogP contribution in [-0.2, 0) is 13.6 Å². The summed E-state index contributed by atoms with van der Waals surface area (Å²) in [6, 6.07) is 4.45. The molecule has 0 aliphatic carbocycles. The zero-order valence-electron chi connectivity index (χ0n) is 15.3. The van der Waals surface area contributed by atoms with Crippen LogP contribution < -0.4 is 4.90 Å². The van der Waals surface area contributed by atoms with Gasteiger partial charge < -0.3 is 9.47 Å². The molecule has 1 atom stereocenters. The van der Waals surface area contributed by atoms with E-state index in [1.807, 2.05) is 25.1 Å². The van der Waals surface area contributed by atoms with Crippen molar-refractivity contribution >= 4 is 5.82 Å². The normalized spacial score (nSPS) is 18.5. The summed E-state index contributed by atoms with van der Waals surface area (Å²) in [7, 11) is 6.01. The topological polar surface area (TPSA) is 63.0 Å². The Hall–Kier alpha value is -2.02. The van der Waals surface area contributed by atoms with Crippen molar-refractivity contribution in [2.75, 3.05) is 25.5 Å². The highest BCUT2D eigenvalue weighted by Crippen LogP contribution is 2.32. The number of hydrogen-bond acceptors (Lipinski definition) is 6. The predicted molar refractivity (Wildman–Crippen MR) is 93.8 cm³/mol. The summed E-state index contributed by atoms with van der Waals surface area (Å²) in [5.41, 5.74) is 1.05. The Labute approximate surface area is 143 Å². The van der Waals surface area contributed by atoms with E-state index in [9.17, 15) is 0 Å². The average Bonchev–Trinajstić information content (AvgIpc) is 3.15. The molecule has 0 saturated carbocycles. The molecule has 7 heteroatoms. The summed E-state index contributed by atoms with van der Waals surface area (Å²) in [6.07, 6.45) is 2.29. The van der Waals surface area contributed by atoms with Crippen LogP contribution in [0.4, 0.5) is 5.82 Å². The second-order valence-corrected chi connectivity index (χ2v) is 7.03. The molecule has 1 aliphatic rings. The van der Waals surface area contributed by atoms with Crippen LogP contribution in [0.2, 0.25) is 0 Å². The zero-order chi connectivity index (χ0) is 17.3. The molecule has 7 nitrogen and oxygen atoms in total. The van der Waals surface area contributed by atoms with Crippen LogP contribution in [0.3, 0.4) is 0 Å².